The average Bonchev–Trinajstić information content (AvgIpc) is 0.804. The Balaban J connectivity index is 1.29. The van der Waals surface area contributed by atoms with Crippen LogP contribution >= 0.6 is 67.8 Å². The van der Waals surface area contributed by atoms with E-state index in [2.05, 4.69) is 79.7 Å². The molecule has 506 valence electrons. The Hall–Kier alpha value is -3.73. The molecule has 2 bridgehead atoms. The third kappa shape index (κ3) is 21.9. The number of methoxy groups -OCH3 is 2. The molecule has 91 heavy (non-hydrogen) atoms. The fourth-order valence-corrected chi connectivity index (χ4v) is 17.2. The first-order valence-electron chi connectivity index (χ1n) is 32.4. The van der Waals surface area contributed by atoms with Gasteiger partial charge in [0.15, 0.2) is 0 Å². The second-order valence-electron chi connectivity index (χ2n) is 26.1. The van der Waals surface area contributed by atoms with E-state index in [0.717, 1.165) is 23.9 Å². The number of nitrogens with zero attached hydrogens (tertiary/aromatic N) is 1. The molecule has 5 rings (SSSR count). The number of ether oxygens (including phenoxy) is 6. The van der Waals surface area contributed by atoms with Crippen LogP contribution in [0.4, 0.5) is 5.69 Å². The number of esters is 3. The highest BCUT2D eigenvalue weighted by Gasteiger charge is 2.53. The van der Waals surface area contributed by atoms with Crippen LogP contribution in [0, 0.1) is 52.1 Å². The van der Waals surface area contributed by atoms with E-state index >= 15 is 0 Å². The van der Waals surface area contributed by atoms with Crippen LogP contribution in [-0.4, -0.2) is 138 Å². The first-order chi connectivity index (χ1) is 42.9. The summed E-state index contributed by atoms with van der Waals surface area (Å²) in [4.78, 5) is 112. The zero-order chi connectivity index (χ0) is 67.6. The quantitative estimate of drug-likeness (QED) is 0.0348. The summed E-state index contributed by atoms with van der Waals surface area (Å²) in [7, 11) is 3.14. The Morgan fingerprint density at radius 2 is 1.56 bits per heavy atom. The number of benzene rings is 1. The number of piperidine rings is 1. The Morgan fingerprint density at radius 3 is 2.23 bits per heavy atom. The van der Waals surface area contributed by atoms with Crippen molar-refractivity contribution in [1.29, 1.82) is 0 Å². The number of aliphatic hydroxyl groups is 2. The van der Waals surface area contributed by atoms with Gasteiger partial charge in [0, 0.05) is 77.8 Å². The van der Waals surface area contributed by atoms with Crippen molar-refractivity contribution in [2.45, 2.75) is 227 Å². The van der Waals surface area contributed by atoms with Gasteiger partial charge in [0.2, 0.25) is 11.7 Å². The van der Waals surface area contributed by atoms with Gasteiger partial charge < -0.3 is 48.9 Å². The first kappa shape index (κ1) is 78.0. The average molecular weight is 1610 g/mol. The number of rotatable bonds is 16. The van der Waals surface area contributed by atoms with Gasteiger partial charge in [0.05, 0.1) is 45.8 Å². The second-order valence-corrected chi connectivity index (χ2v) is 29.4. The lowest BCUT2D eigenvalue weighted by Gasteiger charge is -2.42. The molecule has 1 aromatic rings. The summed E-state index contributed by atoms with van der Waals surface area (Å²) < 4.78 is 38.3. The number of carbonyl (C=O) groups excluding carboxylic acids is 8. The van der Waals surface area contributed by atoms with Crippen LogP contribution in [0.3, 0.4) is 0 Å². The van der Waals surface area contributed by atoms with E-state index in [-0.39, 0.29) is 73.6 Å². The van der Waals surface area contributed by atoms with Crippen molar-refractivity contribution in [2.75, 3.05) is 32.7 Å². The van der Waals surface area contributed by atoms with E-state index in [1.807, 2.05) is 65.0 Å². The van der Waals surface area contributed by atoms with Gasteiger partial charge in [-0.2, -0.15) is 0 Å². The van der Waals surface area contributed by atoms with Gasteiger partial charge in [0.25, 0.3) is 11.7 Å². The molecule has 18 nitrogen and oxygen atoms in total. The molecule has 0 spiro atoms. The van der Waals surface area contributed by atoms with Crippen molar-refractivity contribution in [1.82, 2.24) is 4.90 Å². The number of ketones is 3. The summed E-state index contributed by atoms with van der Waals surface area (Å²) in [6.07, 6.45) is 14.3. The summed E-state index contributed by atoms with van der Waals surface area (Å²) in [5.74, 6) is -9.96. The third-order valence-electron chi connectivity index (χ3n) is 18.5. The largest absolute Gasteiger partial charge is 0.462 e. The van der Waals surface area contributed by atoms with E-state index in [1.165, 1.54) is 11.8 Å². The number of Topliss-reactive ketones (excluding diaryl/α,β-unsaturated/α-hetero) is 3. The zero-order valence-corrected chi connectivity index (χ0v) is 61.9. The molecule has 1 aromatic carbocycles. The molecule has 1 aliphatic carbocycles. The number of aliphatic hydroxyl groups excluding tert-OH is 1. The number of carbonyl (C=O) groups is 8. The van der Waals surface area contributed by atoms with Crippen molar-refractivity contribution in [2.24, 2.45) is 41.4 Å². The fraction of sp³-hybridized carbons (Fsp3) is 0.657. The number of amides is 2. The summed E-state index contributed by atoms with van der Waals surface area (Å²) in [6, 6.07) is -1.19. The minimum Gasteiger partial charge on any atom is -0.462 e. The second kappa shape index (κ2) is 37.0. The molecule has 1 saturated carbocycles. The molecular formula is C70H99I3N2O16. The van der Waals surface area contributed by atoms with Crippen molar-refractivity contribution in [3.8, 4) is 0 Å². The van der Waals surface area contributed by atoms with Crippen LogP contribution < -0.4 is 5.32 Å². The van der Waals surface area contributed by atoms with Crippen molar-refractivity contribution < 1.29 is 77.0 Å². The number of hydrogen-bond acceptors (Lipinski definition) is 16. The fourth-order valence-electron chi connectivity index (χ4n) is 13.0. The van der Waals surface area contributed by atoms with Crippen LogP contribution in [0.5, 0.6) is 0 Å². The van der Waals surface area contributed by atoms with Gasteiger partial charge in [-0.15, -0.1) is 0 Å². The van der Waals surface area contributed by atoms with Crippen LogP contribution in [0.25, 0.3) is 0 Å². The third-order valence-corrected chi connectivity index (χ3v) is 21.9. The number of cyclic esters (lactones) is 1. The highest BCUT2D eigenvalue weighted by molar-refractivity contribution is 14.1. The van der Waals surface area contributed by atoms with Crippen molar-refractivity contribution in [3.63, 3.8) is 0 Å². The minimum atomic E-state index is -2.47. The number of allylic oxidation sites excluding steroid dienone is 7. The van der Waals surface area contributed by atoms with Gasteiger partial charge in [0.1, 0.15) is 29.8 Å². The minimum absolute atomic E-state index is 0.000265. The Morgan fingerprint density at radius 1 is 0.846 bits per heavy atom. The molecule has 4 aliphatic rings. The molecule has 0 unspecified atom stereocenters. The maximum Gasteiger partial charge on any atom is 0.340 e. The predicted molar refractivity (Wildman–Crippen MR) is 374 cm³/mol. The molecule has 0 radical (unpaired) electrons. The van der Waals surface area contributed by atoms with Gasteiger partial charge >= 0.3 is 17.9 Å². The molecule has 3 heterocycles. The van der Waals surface area contributed by atoms with Crippen molar-refractivity contribution in [3.05, 3.63) is 81.6 Å². The highest BCUT2D eigenvalue weighted by Crippen LogP contribution is 2.40. The van der Waals surface area contributed by atoms with E-state index in [4.69, 9.17) is 28.4 Å². The van der Waals surface area contributed by atoms with Crippen molar-refractivity contribution >= 4 is 121 Å². The van der Waals surface area contributed by atoms with E-state index in [1.54, 1.807) is 48.0 Å². The number of anilines is 1. The summed E-state index contributed by atoms with van der Waals surface area (Å²) in [5.41, 5.74) is 4.07. The predicted octanol–water partition coefficient (Wildman–Crippen LogP) is 12.7. The SMILES string of the molecule is C=C(C)Cc1c(I)c(NC(C)=O)c(I)c(C(=O)OCCCCCC(=O)O[C@@H]2CC[C@@H](C[C@@H](C)[C@@H]3CC(=O)[C@H](C)/C=C(\C)[C@@H](O)[C@@H](C)C(=O)[C@H](C)C[C@H](C)/C=C/C=C/C=C(\C)[C@@H](OC)C[C@@H]4CC[C@@H](C)[C@@](O)(O4)C(=O)C(=O)N4CCCC[C@H]4C(=O)O3)C[C@H]2OC)c1I. The summed E-state index contributed by atoms with van der Waals surface area (Å²) in [5, 5.41) is 26.5. The Bertz CT molecular complexity index is 2860. The topological polar surface area (TPSA) is 248 Å². The molecule has 3 fully saturated rings. The maximum atomic E-state index is 14.7. The van der Waals surface area contributed by atoms with Crippen LogP contribution in [0.1, 0.15) is 188 Å². The van der Waals surface area contributed by atoms with Crippen LogP contribution in [0.15, 0.2) is 59.8 Å². The van der Waals surface area contributed by atoms with E-state index < -0.39 is 95.8 Å². The van der Waals surface area contributed by atoms with E-state index in [9.17, 15) is 48.6 Å². The standard InChI is InChI=1S/C70H99I3N2O16/c1-39(2)32-51-60(71)59(62(73)63(61(51)72)74-48(11)76)69(84)88-31-21-15-18-25-58(78)89-54-29-27-49(36-57(54)87-13)35-43(6)56-38-53(77)42(5)34-45(8)65(80)47(10)64(79)44(7)33-40(3)22-16-14-17-23-41(4)55(86-12)37-50-28-26-46(9)70(85,91-50)66(81)67(82)75-30-20-19-24-52(75)68(83)90-56/h14,16-17,22-23,34,40,42-44,46-47,49-50,52,54-57,65,80,85H,1,15,18-21,24-33,35-38H2,2-13H3,(H,74,76)/b17-14+,22-16+,41-23+,45-34+/t40-,42-,43-,44-,46-,47+,49+,50+,52+,54-,55+,56+,57-,65-,70-/m1/s1. The van der Waals surface area contributed by atoms with Crippen LogP contribution in [0.2, 0.25) is 0 Å². The molecule has 3 N–H and O–H groups in total. The summed E-state index contributed by atoms with van der Waals surface area (Å²) >= 11 is 6.41. The van der Waals surface area contributed by atoms with Gasteiger partial charge in [-0.1, -0.05) is 90.2 Å². The van der Waals surface area contributed by atoms with Gasteiger partial charge in [-0.05, 0) is 213 Å². The van der Waals surface area contributed by atoms with E-state index in [0.29, 0.717) is 110 Å². The number of nitrogens with one attached hydrogen (secondary N) is 1. The zero-order valence-electron chi connectivity index (χ0n) is 55.4. The molecular weight excluding hydrogens is 1510 g/mol. The van der Waals surface area contributed by atoms with Crippen LogP contribution in [-0.2, 0) is 68.4 Å². The number of fused-ring (bicyclic) bond motifs is 3. The summed E-state index contributed by atoms with van der Waals surface area (Å²) in [6.45, 7) is 22.0. The molecule has 0 aromatic heterocycles. The maximum absolute atomic E-state index is 14.7. The Labute approximate surface area is 580 Å². The highest BCUT2D eigenvalue weighted by atomic mass is 127. The normalized spacial score (nSPS) is 32.0. The lowest BCUT2D eigenvalue weighted by molar-refractivity contribution is -0.265. The monoisotopic (exact) mass is 1600 g/mol. The molecule has 2 saturated heterocycles. The molecule has 21 heteroatoms. The van der Waals surface area contributed by atoms with Gasteiger partial charge in [-0.25, -0.2) is 9.59 Å². The smallest absolute Gasteiger partial charge is 0.340 e. The lowest BCUT2D eigenvalue weighted by Crippen LogP contribution is -2.61. The molecule has 15 atom stereocenters. The molecule has 3 aliphatic heterocycles. The Kier molecular flexibility index (Phi) is 31.7. The molecule has 2 amide bonds. The number of unbranched alkanes of at least 4 members (excludes halogenated alkanes) is 2. The van der Waals surface area contributed by atoms with Gasteiger partial charge in [-0.3, -0.25) is 28.8 Å². The first-order valence-corrected chi connectivity index (χ1v) is 35.6. The number of hydrogen-bond donors (Lipinski definition) is 3. The lowest BCUT2D eigenvalue weighted by atomic mass is 9.78. The number of halogens is 3.